The van der Waals surface area contributed by atoms with Crippen molar-refractivity contribution in [2.24, 2.45) is 0 Å². The normalized spacial score (nSPS) is 11.8. The summed E-state index contributed by atoms with van der Waals surface area (Å²) in [7, 11) is 0. The summed E-state index contributed by atoms with van der Waals surface area (Å²) >= 11 is 0. The summed E-state index contributed by atoms with van der Waals surface area (Å²) < 4.78 is 6.28. The molecular weight excluding hydrogens is 488 g/mol. The lowest BCUT2D eigenvalue weighted by Crippen LogP contribution is -1.93. The first-order valence-electron chi connectivity index (χ1n) is 13.8. The first-order chi connectivity index (χ1) is 19.7. The van der Waals surface area contributed by atoms with Crippen molar-refractivity contribution in [1.29, 1.82) is 0 Å². The van der Waals surface area contributed by atoms with Crippen LogP contribution in [0.3, 0.4) is 0 Å². The number of furan rings is 1. The molecule has 6 aromatic carbocycles. The Bertz CT molecular complexity index is 2260. The van der Waals surface area contributed by atoms with E-state index in [1.165, 1.54) is 21.9 Å². The van der Waals surface area contributed by atoms with Crippen LogP contribution in [0.5, 0.6) is 0 Å². The maximum Gasteiger partial charge on any atom is 0.143 e. The number of nitrogens with zero attached hydrogens (tertiary/aromatic N) is 2. The molecule has 0 radical (unpaired) electrons. The Balaban J connectivity index is 1.29. The third-order valence-corrected chi connectivity index (χ3v) is 8.14. The monoisotopic (exact) mass is 514 g/mol. The van der Waals surface area contributed by atoms with Gasteiger partial charge in [-0.05, 0) is 53.4 Å². The van der Waals surface area contributed by atoms with Crippen LogP contribution in [0, 0.1) is 6.92 Å². The zero-order valence-electron chi connectivity index (χ0n) is 22.4. The summed E-state index contributed by atoms with van der Waals surface area (Å²) in [6, 6.07) is 36.5. The topological polar surface area (TPSA) is 38.9 Å². The second-order valence-electron chi connectivity index (χ2n) is 10.6. The molecule has 2 aromatic heterocycles. The number of benzene rings is 6. The van der Waals surface area contributed by atoms with Crippen LogP contribution in [0.25, 0.3) is 76.9 Å². The number of aryl methyl sites for hydroxylation is 2. The SMILES string of the molecule is CCc1ccc2c3ccc(C)cc3c3ncc(-c4ccc(-c5cccc6c5oc5ccccc56)cc4)nc3c2c1. The van der Waals surface area contributed by atoms with Gasteiger partial charge in [0.15, 0.2) is 0 Å². The molecule has 0 fully saturated rings. The van der Waals surface area contributed by atoms with Gasteiger partial charge >= 0.3 is 0 Å². The van der Waals surface area contributed by atoms with Crippen LogP contribution in [-0.4, -0.2) is 9.97 Å². The van der Waals surface area contributed by atoms with E-state index in [-0.39, 0.29) is 0 Å². The van der Waals surface area contributed by atoms with E-state index in [2.05, 4.69) is 105 Å². The first kappa shape index (κ1) is 22.9. The lowest BCUT2D eigenvalue weighted by atomic mass is 9.96. The highest BCUT2D eigenvalue weighted by Gasteiger charge is 2.15. The largest absolute Gasteiger partial charge is 0.455 e. The Morgan fingerprint density at radius 2 is 1.38 bits per heavy atom. The summed E-state index contributed by atoms with van der Waals surface area (Å²) in [4.78, 5) is 10.2. The second-order valence-corrected chi connectivity index (χ2v) is 10.6. The van der Waals surface area contributed by atoms with Crippen molar-refractivity contribution in [3.05, 3.63) is 120 Å². The number of para-hydroxylation sites is 2. The van der Waals surface area contributed by atoms with Crippen molar-refractivity contribution in [2.45, 2.75) is 20.3 Å². The Labute approximate surface area is 231 Å². The number of fused-ring (bicyclic) bond motifs is 9. The van der Waals surface area contributed by atoms with E-state index in [0.29, 0.717) is 0 Å². The third-order valence-electron chi connectivity index (χ3n) is 8.14. The van der Waals surface area contributed by atoms with Crippen molar-refractivity contribution in [3.63, 3.8) is 0 Å². The molecule has 0 N–H and O–H groups in total. The minimum absolute atomic E-state index is 0.871. The molecular formula is C37H26N2O. The van der Waals surface area contributed by atoms with E-state index in [0.717, 1.165) is 72.5 Å². The minimum atomic E-state index is 0.871. The quantitative estimate of drug-likeness (QED) is 0.220. The first-order valence-corrected chi connectivity index (χ1v) is 13.8. The molecule has 0 aliphatic carbocycles. The zero-order valence-corrected chi connectivity index (χ0v) is 22.4. The van der Waals surface area contributed by atoms with E-state index >= 15 is 0 Å². The fraction of sp³-hybridized carbons (Fsp3) is 0.0811. The molecule has 40 heavy (non-hydrogen) atoms. The van der Waals surface area contributed by atoms with Crippen molar-refractivity contribution < 1.29 is 4.42 Å². The van der Waals surface area contributed by atoms with Gasteiger partial charge < -0.3 is 4.42 Å². The van der Waals surface area contributed by atoms with Crippen LogP contribution in [0.15, 0.2) is 114 Å². The molecule has 0 saturated heterocycles. The van der Waals surface area contributed by atoms with Gasteiger partial charge in [-0.25, -0.2) is 4.98 Å². The van der Waals surface area contributed by atoms with E-state index in [4.69, 9.17) is 14.4 Å². The Hall–Kier alpha value is -5.02. The lowest BCUT2D eigenvalue weighted by Gasteiger charge is -2.12. The Morgan fingerprint density at radius 1 is 0.625 bits per heavy atom. The molecule has 0 spiro atoms. The van der Waals surface area contributed by atoms with E-state index in [9.17, 15) is 0 Å². The number of hydrogen-bond donors (Lipinski definition) is 0. The third kappa shape index (κ3) is 3.44. The average Bonchev–Trinajstić information content (AvgIpc) is 3.40. The molecule has 0 unspecified atom stereocenters. The Morgan fingerprint density at radius 3 is 2.23 bits per heavy atom. The summed E-state index contributed by atoms with van der Waals surface area (Å²) in [6.07, 6.45) is 2.89. The predicted molar refractivity (Wildman–Crippen MR) is 167 cm³/mol. The van der Waals surface area contributed by atoms with Crippen LogP contribution in [0.2, 0.25) is 0 Å². The van der Waals surface area contributed by atoms with Gasteiger partial charge in [-0.3, -0.25) is 4.98 Å². The van der Waals surface area contributed by atoms with Crippen LogP contribution in [0.4, 0.5) is 0 Å². The molecule has 0 saturated carbocycles. The highest BCUT2D eigenvalue weighted by Crippen LogP contribution is 2.38. The van der Waals surface area contributed by atoms with Gasteiger partial charge in [0.25, 0.3) is 0 Å². The van der Waals surface area contributed by atoms with Gasteiger partial charge in [0, 0.05) is 32.7 Å². The fourth-order valence-electron chi connectivity index (χ4n) is 6.04. The number of aromatic nitrogens is 2. The molecule has 0 aliphatic heterocycles. The molecule has 0 bridgehead atoms. The fourth-order valence-corrected chi connectivity index (χ4v) is 6.04. The smallest absolute Gasteiger partial charge is 0.143 e. The predicted octanol–water partition coefficient (Wildman–Crippen LogP) is 10.0. The highest BCUT2D eigenvalue weighted by molar-refractivity contribution is 6.23. The number of hydrogen-bond acceptors (Lipinski definition) is 3. The van der Waals surface area contributed by atoms with E-state index < -0.39 is 0 Å². The van der Waals surface area contributed by atoms with Gasteiger partial charge in [0.05, 0.1) is 22.9 Å². The molecule has 8 aromatic rings. The van der Waals surface area contributed by atoms with Gasteiger partial charge in [-0.1, -0.05) is 97.4 Å². The molecule has 3 nitrogen and oxygen atoms in total. The second kappa shape index (κ2) is 8.75. The molecule has 0 atom stereocenters. The molecule has 190 valence electrons. The summed E-state index contributed by atoms with van der Waals surface area (Å²) in [6.45, 7) is 4.32. The van der Waals surface area contributed by atoms with Crippen LogP contribution in [-0.2, 0) is 6.42 Å². The summed E-state index contributed by atoms with van der Waals surface area (Å²) in [5.74, 6) is 0. The van der Waals surface area contributed by atoms with Gasteiger partial charge in [0.1, 0.15) is 11.2 Å². The maximum absolute atomic E-state index is 6.28. The van der Waals surface area contributed by atoms with Crippen molar-refractivity contribution in [3.8, 4) is 22.4 Å². The van der Waals surface area contributed by atoms with E-state index in [1.54, 1.807) is 0 Å². The van der Waals surface area contributed by atoms with Crippen molar-refractivity contribution >= 4 is 54.5 Å². The highest BCUT2D eigenvalue weighted by atomic mass is 16.3. The lowest BCUT2D eigenvalue weighted by molar-refractivity contribution is 0.670. The molecule has 0 amide bonds. The standard InChI is InChI=1S/C37H26N2O/c1-3-23-12-18-28-27-17-11-22(2)19-31(27)35-36(32(28)20-23)39-33(21-38-35)25-15-13-24(14-16-25)26-8-6-9-30-29-7-4-5-10-34(29)40-37(26)30/h4-21H,3H2,1-2H3. The summed E-state index contributed by atoms with van der Waals surface area (Å²) in [5.41, 5.74) is 10.4. The van der Waals surface area contributed by atoms with E-state index in [1.807, 2.05) is 18.3 Å². The maximum atomic E-state index is 6.28. The molecule has 2 heterocycles. The molecule has 8 rings (SSSR count). The van der Waals surface area contributed by atoms with Gasteiger partial charge in [0.2, 0.25) is 0 Å². The van der Waals surface area contributed by atoms with Crippen LogP contribution in [0.1, 0.15) is 18.1 Å². The molecule has 0 aliphatic rings. The average molecular weight is 515 g/mol. The zero-order chi connectivity index (χ0) is 26.8. The minimum Gasteiger partial charge on any atom is -0.455 e. The van der Waals surface area contributed by atoms with Crippen molar-refractivity contribution in [2.75, 3.05) is 0 Å². The Kier molecular flexibility index (Phi) is 5.02. The molecule has 3 heteroatoms. The number of rotatable bonds is 3. The van der Waals surface area contributed by atoms with Crippen LogP contribution < -0.4 is 0 Å². The van der Waals surface area contributed by atoms with Crippen LogP contribution >= 0.6 is 0 Å². The van der Waals surface area contributed by atoms with Crippen molar-refractivity contribution in [1.82, 2.24) is 9.97 Å². The summed E-state index contributed by atoms with van der Waals surface area (Å²) in [5, 5.41) is 7.04. The van der Waals surface area contributed by atoms with Gasteiger partial charge in [-0.2, -0.15) is 0 Å². The van der Waals surface area contributed by atoms with Gasteiger partial charge in [-0.15, -0.1) is 0 Å².